The number of likely N-dealkylation sites (N-methyl/N-ethyl adjacent to an activating group) is 1. The topological polar surface area (TPSA) is 24.5 Å². The molecule has 3 unspecified atom stereocenters. The molecule has 2 aliphatic rings. The lowest BCUT2D eigenvalue weighted by Gasteiger charge is -2.41. The van der Waals surface area contributed by atoms with E-state index in [0.29, 0.717) is 6.04 Å². The maximum Gasteiger partial charge on any atom is 0.0593 e. The molecule has 1 aliphatic carbocycles. The lowest BCUT2D eigenvalue weighted by Crippen LogP contribution is -2.52. The second-order valence-corrected chi connectivity index (χ2v) is 6.05. The summed E-state index contributed by atoms with van der Waals surface area (Å²) in [6, 6.07) is 1.52. The fourth-order valence-electron chi connectivity index (χ4n) is 3.55. The van der Waals surface area contributed by atoms with Gasteiger partial charge in [-0.25, -0.2) is 0 Å². The van der Waals surface area contributed by atoms with E-state index in [1.807, 2.05) is 0 Å². The van der Waals surface area contributed by atoms with Crippen LogP contribution in [0.15, 0.2) is 0 Å². The van der Waals surface area contributed by atoms with E-state index in [0.717, 1.165) is 31.7 Å². The Morgan fingerprint density at radius 1 is 1.17 bits per heavy atom. The molecule has 3 atom stereocenters. The molecule has 0 bridgehead atoms. The Morgan fingerprint density at radius 2 is 2.00 bits per heavy atom. The van der Waals surface area contributed by atoms with Crippen molar-refractivity contribution in [1.82, 2.24) is 10.2 Å². The van der Waals surface area contributed by atoms with Crippen LogP contribution in [0.1, 0.15) is 45.4 Å². The van der Waals surface area contributed by atoms with Gasteiger partial charge in [0.25, 0.3) is 0 Å². The number of nitrogens with one attached hydrogen (secondary N) is 1. The first-order chi connectivity index (χ1) is 8.79. The fourth-order valence-corrected chi connectivity index (χ4v) is 3.55. The molecule has 106 valence electrons. The van der Waals surface area contributed by atoms with Crippen molar-refractivity contribution in [3.8, 4) is 0 Å². The molecule has 0 amide bonds. The van der Waals surface area contributed by atoms with Gasteiger partial charge in [0.15, 0.2) is 0 Å². The van der Waals surface area contributed by atoms with Crippen LogP contribution in [0.3, 0.4) is 0 Å². The van der Waals surface area contributed by atoms with Crippen LogP contribution in [0.5, 0.6) is 0 Å². The van der Waals surface area contributed by atoms with Crippen molar-refractivity contribution in [2.45, 2.75) is 57.5 Å². The first-order valence-electron chi connectivity index (χ1n) is 7.82. The Kier molecular flexibility index (Phi) is 5.93. The van der Waals surface area contributed by atoms with Gasteiger partial charge in [-0.05, 0) is 45.6 Å². The number of fused-ring (bicyclic) bond motifs is 1. The maximum atomic E-state index is 5.42. The molecule has 1 saturated heterocycles. The van der Waals surface area contributed by atoms with Gasteiger partial charge in [0.1, 0.15) is 0 Å². The molecule has 0 aromatic carbocycles. The molecule has 2 fully saturated rings. The lowest BCUT2D eigenvalue weighted by atomic mass is 9.78. The molecule has 1 N–H and O–H groups in total. The van der Waals surface area contributed by atoms with E-state index in [9.17, 15) is 0 Å². The molecule has 3 nitrogen and oxygen atoms in total. The van der Waals surface area contributed by atoms with Crippen molar-refractivity contribution in [3.05, 3.63) is 0 Å². The Morgan fingerprint density at radius 3 is 2.83 bits per heavy atom. The third kappa shape index (κ3) is 4.22. The van der Waals surface area contributed by atoms with Crippen LogP contribution in [0.25, 0.3) is 0 Å². The molecular formula is C15H30N2O. The number of hydrogen-bond acceptors (Lipinski definition) is 3. The van der Waals surface area contributed by atoms with Crippen LogP contribution in [-0.2, 0) is 4.74 Å². The van der Waals surface area contributed by atoms with Gasteiger partial charge >= 0.3 is 0 Å². The van der Waals surface area contributed by atoms with Crippen LogP contribution in [0.4, 0.5) is 0 Å². The Bertz CT molecular complexity index is 235. The first-order valence-corrected chi connectivity index (χ1v) is 7.82. The number of rotatable bonds is 6. The summed E-state index contributed by atoms with van der Waals surface area (Å²) in [5.41, 5.74) is 0. The SMILES string of the molecule is CCOCCN(C)CC1CCC2CCCCC2N1. The van der Waals surface area contributed by atoms with Crippen molar-refractivity contribution in [2.75, 3.05) is 33.4 Å². The Labute approximate surface area is 112 Å². The van der Waals surface area contributed by atoms with Crippen LogP contribution in [-0.4, -0.2) is 50.3 Å². The minimum absolute atomic E-state index is 0.705. The highest BCUT2D eigenvalue weighted by Crippen LogP contribution is 2.32. The van der Waals surface area contributed by atoms with Crippen LogP contribution >= 0.6 is 0 Å². The second kappa shape index (κ2) is 7.46. The second-order valence-electron chi connectivity index (χ2n) is 6.05. The summed E-state index contributed by atoms with van der Waals surface area (Å²) in [7, 11) is 2.22. The van der Waals surface area contributed by atoms with Crippen LogP contribution < -0.4 is 5.32 Å². The summed E-state index contributed by atoms with van der Waals surface area (Å²) < 4.78 is 5.42. The molecule has 1 heterocycles. The minimum Gasteiger partial charge on any atom is -0.380 e. The molecule has 1 aliphatic heterocycles. The molecular weight excluding hydrogens is 224 g/mol. The Balaban J connectivity index is 1.67. The van der Waals surface area contributed by atoms with Crippen LogP contribution in [0.2, 0.25) is 0 Å². The van der Waals surface area contributed by atoms with Gasteiger partial charge in [0.05, 0.1) is 6.61 Å². The van der Waals surface area contributed by atoms with E-state index in [-0.39, 0.29) is 0 Å². The number of hydrogen-bond donors (Lipinski definition) is 1. The van der Waals surface area contributed by atoms with Gasteiger partial charge in [-0.3, -0.25) is 0 Å². The molecule has 0 radical (unpaired) electrons. The van der Waals surface area contributed by atoms with E-state index < -0.39 is 0 Å². The summed E-state index contributed by atoms with van der Waals surface area (Å²) in [4.78, 5) is 2.41. The van der Waals surface area contributed by atoms with E-state index in [4.69, 9.17) is 4.74 Å². The maximum absolute atomic E-state index is 5.42. The smallest absolute Gasteiger partial charge is 0.0593 e. The minimum atomic E-state index is 0.705. The third-order valence-corrected chi connectivity index (χ3v) is 4.60. The monoisotopic (exact) mass is 254 g/mol. The highest BCUT2D eigenvalue weighted by molar-refractivity contribution is 4.90. The van der Waals surface area contributed by atoms with Crippen molar-refractivity contribution < 1.29 is 4.74 Å². The molecule has 0 spiro atoms. The van der Waals surface area contributed by atoms with Crippen molar-refractivity contribution in [1.29, 1.82) is 0 Å². The molecule has 0 aromatic rings. The zero-order valence-corrected chi connectivity index (χ0v) is 12.2. The molecule has 1 saturated carbocycles. The average Bonchev–Trinajstić information content (AvgIpc) is 2.39. The molecule has 0 aromatic heterocycles. The molecule has 3 heteroatoms. The average molecular weight is 254 g/mol. The van der Waals surface area contributed by atoms with Gasteiger partial charge in [-0.15, -0.1) is 0 Å². The van der Waals surface area contributed by atoms with Crippen LogP contribution in [0, 0.1) is 5.92 Å². The quantitative estimate of drug-likeness (QED) is 0.736. The first kappa shape index (κ1) is 14.3. The largest absolute Gasteiger partial charge is 0.380 e. The summed E-state index contributed by atoms with van der Waals surface area (Å²) in [6.45, 7) is 5.99. The van der Waals surface area contributed by atoms with Crippen molar-refractivity contribution in [2.24, 2.45) is 5.92 Å². The van der Waals surface area contributed by atoms with E-state index in [1.165, 1.54) is 45.1 Å². The summed E-state index contributed by atoms with van der Waals surface area (Å²) in [5.74, 6) is 0.976. The summed E-state index contributed by atoms with van der Waals surface area (Å²) >= 11 is 0. The van der Waals surface area contributed by atoms with Gasteiger partial charge in [0.2, 0.25) is 0 Å². The van der Waals surface area contributed by atoms with Gasteiger partial charge in [0, 0.05) is 31.8 Å². The van der Waals surface area contributed by atoms with Gasteiger partial charge in [-0.2, -0.15) is 0 Å². The number of ether oxygens (including phenoxy) is 1. The van der Waals surface area contributed by atoms with Crippen molar-refractivity contribution >= 4 is 0 Å². The summed E-state index contributed by atoms with van der Waals surface area (Å²) in [6.07, 6.45) is 8.57. The zero-order chi connectivity index (χ0) is 12.8. The highest BCUT2D eigenvalue weighted by Gasteiger charge is 2.31. The zero-order valence-electron chi connectivity index (χ0n) is 12.2. The highest BCUT2D eigenvalue weighted by atomic mass is 16.5. The standard InChI is InChI=1S/C15H30N2O/c1-3-18-11-10-17(2)12-14-9-8-13-6-4-5-7-15(13)16-14/h13-16H,3-12H2,1-2H3. The number of nitrogens with zero attached hydrogens (tertiary/aromatic N) is 1. The molecule has 18 heavy (non-hydrogen) atoms. The fraction of sp³-hybridized carbons (Fsp3) is 1.00. The lowest BCUT2D eigenvalue weighted by molar-refractivity contribution is 0.107. The summed E-state index contributed by atoms with van der Waals surface area (Å²) in [5, 5.41) is 3.89. The van der Waals surface area contributed by atoms with E-state index in [1.54, 1.807) is 0 Å². The Hall–Kier alpha value is -0.120. The number of piperidine rings is 1. The van der Waals surface area contributed by atoms with E-state index >= 15 is 0 Å². The predicted octanol–water partition coefficient (Wildman–Crippen LogP) is 2.27. The van der Waals surface area contributed by atoms with Gasteiger partial charge in [-0.1, -0.05) is 12.8 Å². The molecule has 2 rings (SSSR count). The predicted molar refractivity (Wildman–Crippen MR) is 75.9 cm³/mol. The normalized spacial score (nSPS) is 32.5. The van der Waals surface area contributed by atoms with Gasteiger partial charge < -0.3 is 15.0 Å². The third-order valence-electron chi connectivity index (χ3n) is 4.60. The van der Waals surface area contributed by atoms with Crippen molar-refractivity contribution in [3.63, 3.8) is 0 Å². The van der Waals surface area contributed by atoms with E-state index in [2.05, 4.69) is 24.2 Å².